The van der Waals surface area contributed by atoms with Gasteiger partial charge in [-0.3, -0.25) is 13.9 Å². The number of anilines is 1. The lowest BCUT2D eigenvalue weighted by Crippen LogP contribution is -2.53. The molecule has 0 aliphatic carbocycles. The van der Waals surface area contributed by atoms with Gasteiger partial charge in [0, 0.05) is 35.1 Å². The van der Waals surface area contributed by atoms with Crippen LogP contribution in [0.15, 0.2) is 114 Å². The van der Waals surface area contributed by atoms with Crippen LogP contribution >= 0.6 is 23.2 Å². The Hall–Kier alpha value is -3.85. The molecule has 0 unspecified atom stereocenters. The molecule has 0 aliphatic heterocycles. The molecule has 43 heavy (non-hydrogen) atoms. The highest BCUT2D eigenvalue weighted by Gasteiger charge is 2.35. The van der Waals surface area contributed by atoms with E-state index in [1.807, 2.05) is 37.3 Å². The van der Waals surface area contributed by atoms with Gasteiger partial charge < -0.3 is 10.2 Å². The number of nitrogens with zero attached hydrogens (tertiary/aromatic N) is 2. The molecule has 2 amide bonds. The zero-order valence-electron chi connectivity index (χ0n) is 23.7. The molecule has 1 atom stereocenters. The number of hydrogen-bond donors (Lipinski definition) is 1. The third kappa shape index (κ3) is 8.16. The van der Waals surface area contributed by atoms with Crippen molar-refractivity contribution >= 4 is 50.7 Å². The van der Waals surface area contributed by atoms with Crippen LogP contribution in [0.2, 0.25) is 10.0 Å². The molecule has 0 fully saturated rings. The highest BCUT2D eigenvalue weighted by atomic mass is 35.5. The fraction of sp³-hybridized carbons (Fsp3) is 0.212. The first-order chi connectivity index (χ1) is 20.7. The fourth-order valence-electron chi connectivity index (χ4n) is 4.62. The van der Waals surface area contributed by atoms with E-state index in [-0.39, 0.29) is 23.8 Å². The number of nitrogens with one attached hydrogen (secondary N) is 1. The quantitative estimate of drug-likeness (QED) is 0.185. The van der Waals surface area contributed by atoms with Gasteiger partial charge in [-0.25, -0.2) is 8.42 Å². The molecule has 7 nitrogen and oxygen atoms in total. The number of sulfonamides is 1. The van der Waals surface area contributed by atoms with E-state index in [1.165, 1.54) is 17.0 Å². The van der Waals surface area contributed by atoms with Gasteiger partial charge in [-0.1, -0.05) is 103 Å². The molecule has 0 saturated heterocycles. The Kier molecular flexibility index (Phi) is 11.2. The predicted molar refractivity (Wildman–Crippen MR) is 172 cm³/mol. The third-order valence-electron chi connectivity index (χ3n) is 6.86. The molecule has 0 heterocycles. The van der Waals surface area contributed by atoms with E-state index in [0.29, 0.717) is 34.3 Å². The molecule has 0 aliphatic rings. The second kappa shape index (κ2) is 15.0. The average molecular weight is 639 g/mol. The molecule has 4 aromatic carbocycles. The van der Waals surface area contributed by atoms with E-state index in [4.69, 9.17) is 23.2 Å². The van der Waals surface area contributed by atoms with Crippen LogP contribution in [-0.2, 0) is 32.6 Å². The molecular weight excluding hydrogens is 605 g/mol. The molecule has 0 spiro atoms. The Balaban J connectivity index is 1.81. The van der Waals surface area contributed by atoms with Crippen molar-refractivity contribution in [3.8, 4) is 0 Å². The number of hydrogen-bond acceptors (Lipinski definition) is 4. The zero-order chi connectivity index (χ0) is 30.8. The van der Waals surface area contributed by atoms with Crippen molar-refractivity contribution in [3.05, 3.63) is 130 Å². The van der Waals surface area contributed by atoms with Gasteiger partial charge in [-0.2, -0.15) is 0 Å². The van der Waals surface area contributed by atoms with Crippen LogP contribution in [0.25, 0.3) is 0 Å². The van der Waals surface area contributed by atoms with E-state index in [0.717, 1.165) is 9.87 Å². The summed E-state index contributed by atoms with van der Waals surface area (Å²) in [5.74, 6) is -0.952. The normalized spacial score (nSPS) is 11.9. The third-order valence-corrected chi connectivity index (χ3v) is 9.36. The first-order valence-corrected chi connectivity index (χ1v) is 16.1. The van der Waals surface area contributed by atoms with Crippen molar-refractivity contribution in [1.82, 2.24) is 10.2 Å². The summed E-state index contributed by atoms with van der Waals surface area (Å²) >= 11 is 13.1. The molecule has 0 saturated carbocycles. The summed E-state index contributed by atoms with van der Waals surface area (Å²) in [5.41, 5.74) is 1.60. The van der Waals surface area contributed by atoms with Crippen LogP contribution in [0.3, 0.4) is 0 Å². The number of carbonyl (C=O) groups excluding carboxylic acids is 2. The van der Waals surface area contributed by atoms with E-state index < -0.39 is 28.5 Å². The fourth-order valence-corrected chi connectivity index (χ4v) is 6.57. The van der Waals surface area contributed by atoms with Gasteiger partial charge in [0.1, 0.15) is 12.6 Å². The lowest BCUT2D eigenvalue weighted by Gasteiger charge is -2.34. The minimum absolute atomic E-state index is 0.0360. The summed E-state index contributed by atoms with van der Waals surface area (Å²) in [4.78, 5) is 29.5. The van der Waals surface area contributed by atoms with Gasteiger partial charge in [0.05, 0.1) is 10.6 Å². The van der Waals surface area contributed by atoms with Gasteiger partial charge in [0.25, 0.3) is 10.0 Å². The maximum absolute atomic E-state index is 14.4. The first kappa shape index (κ1) is 32.1. The molecule has 1 N–H and O–H groups in total. The molecule has 0 aromatic heterocycles. The summed E-state index contributed by atoms with van der Waals surface area (Å²) in [6.45, 7) is 1.68. The SMILES string of the molecule is CCCNC(=O)[C@@H](Cc1ccccc1)N(Cc1c(Cl)cccc1Cl)C(=O)CN(c1ccccc1)S(=O)(=O)c1ccccc1. The van der Waals surface area contributed by atoms with Gasteiger partial charge in [-0.05, 0) is 48.4 Å². The molecule has 0 bridgehead atoms. The predicted octanol–water partition coefficient (Wildman–Crippen LogP) is 6.36. The summed E-state index contributed by atoms with van der Waals surface area (Å²) in [5, 5.41) is 3.57. The Bertz CT molecular complexity index is 1600. The van der Waals surface area contributed by atoms with Crippen LogP contribution in [0.4, 0.5) is 5.69 Å². The highest BCUT2D eigenvalue weighted by molar-refractivity contribution is 7.92. The average Bonchev–Trinajstić information content (AvgIpc) is 3.02. The Morgan fingerprint density at radius 2 is 1.35 bits per heavy atom. The minimum Gasteiger partial charge on any atom is -0.354 e. The highest BCUT2D eigenvalue weighted by Crippen LogP contribution is 2.29. The molecule has 4 rings (SSSR count). The van der Waals surface area contributed by atoms with Gasteiger partial charge in [-0.15, -0.1) is 0 Å². The smallest absolute Gasteiger partial charge is 0.264 e. The van der Waals surface area contributed by atoms with E-state index in [9.17, 15) is 18.0 Å². The van der Waals surface area contributed by atoms with E-state index >= 15 is 0 Å². The summed E-state index contributed by atoms with van der Waals surface area (Å²) in [6, 6.07) is 29.7. The Morgan fingerprint density at radius 3 is 1.93 bits per heavy atom. The van der Waals surface area contributed by atoms with Crippen molar-refractivity contribution in [2.45, 2.75) is 37.2 Å². The molecule has 0 radical (unpaired) electrons. The molecular formula is C33H33Cl2N3O4S. The van der Waals surface area contributed by atoms with Crippen LogP contribution in [-0.4, -0.2) is 44.3 Å². The Labute approximate surface area is 263 Å². The van der Waals surface area contributed by atoms with Crippen molar-refractivity contribution < 1.29 is 18.0 Å². The number of amides is 2. The van der Waals surface area contributed by atoms with E-state index in [2.05, 4.69) is 5.32 Å². The van der Waals surface area contributed by atoms with Crippen molar-refractivity contribution in [3.63, 3.8) is 0 Å². The van der Waals surface area contributed by atoms with Crippen LogP contribution < -0.4 is 9.62 Å². The lowest BCUT2D eigenvalue weighted by molar-refractivity contribution is -0.140. The maximum Gasteiger partial charge on any atom is 0.264 e. The standard InChI is InChI=1S/C33H33Cl2N3O4S/c1-2-21-36-33(40)31(22-25-13-6-3-7-14-25)37(23-28-29(34)19-12-20-30(28)35)32(39)24-38(26-15-8-4-9-16-26)43(41,42)27-17-10-5-11-18-27/h3-20,31H,2,21-24H2,1H3,(H,36,40)/t31-/m1/s1. The van der Waals surface area contributed by atoms with Crippen LogP contribution in [0, 0.1) is 0 Å². The monoisotopic (exact) mass is 637 g/mol. The van der Waals surface area contributed by atoms with Crippen LogP contribution in [0.1, 0.15) is 24.5 Å². The van der Waals surface area contributed by atoms with Gasteiger partial charge in [0.2, 0.25) is 11.8 Å². The summed E-state index contributed by atoms with van der Waals surface area (Å²) in [6.07, 6.45) is 0.895. The van der Waals surface area contributed by atoms with E-state index in [1.54, 1.807) is 66.7 Å². The summed E-state index contributed by atoms with van der Waals surface area (Å²) in [7, 11) is -4.16. The van der Waals surface area contributed by atoms with Crippen molar-refractivity contribution in [1.29, 1.82) is 0 Å². The van der Waals surface area contributed by atoms with Crippen molar-refractivity contribution in [2.24, 2.45) is 0 Å². The number of halogens is 2. The second-order valence-electron chi connectivity index (χ2n) is 9.88. The number of carbonyl (C=O) groups is 2. The summed E-state index contributed by atoms with van der Waals surface area (Å²) < 4.78 is 28.9. The lowest BCUT2D eigenvalue weighted by atomic mass is 10.0. The second-order valence-corrected chi connectivity index (χ2v) is 12.6. The number of benzene rings is 4. The van der Waals surface area contributed by atoms with Crippen molar-refractivity contribution in [2.75, 3.05) is 17.4 Å². The van der Waals surface area contributed by atoms with Gasteiger partial charge >= 0.3 is 0 Å². The number of para-hydroxylation sites is 1. The zero-order valence-corrected chi connectivity index (χ0v) is 26.0. The van der Waals surface area contributed by atoms with Gasteiger partial charge in [0.15, 0.2) is 0 Å². The first-order valence-electron chi connectivity index (χ1n) is 13.9. The maximum atomic E-state index is 14.4. The largest absolute Gasteiger partial charge is 0.354 e. The Morgan fingerprint density at radius 1 is 0.791 bits per heavy atom. The molecule has 224 valence electrons. The molecule has 10 heteroatoms. The number of rotatable bonds is 13. The van der Waals surface area contributed by atoms with Crippen LogP contribution in [0.5, 0.6) is 0 Å². The topological polar surface area (TPSA) is 86.8 Å². The molecule has 4 aromatic rings. The minimum atomic E-state index is -4.16.